The highest BCUT2D eigenvalue weighted by Crippen LogP contribution is 2.25. The Hall–Kier alpha value is -0.570. The van der Waals surface area contributed by atoms with Crippen molar-refractivity contribution in [1.29, 1.82) is 0 Å². The molecule has 3 heteroatoms. The van der Waals surface area contributed by atoms with Crippen LogP contribution in [0.2, 0.25) is 0 Å². The Kier molecular flexibility index (Phi) is 17.1. The van der Waals surface area contributed by atoms with Gasteiger partial charge in [0.15, 0.2) is 0 Å². The standard InChI is InChI=1S/C18H36O2.H3N/c1-4-6-8-10-12-14-17(16(3)18(19)20)15-13-11-9-7-5-2;/h16-17H,4-15H2,1-3H3,(H,19,20);1H3. The number of unbranched alkanes of at least 4 members (excludes halogenated alkanes) is 8. The number of rotatable bonds is 14. The van der Waals surface area contributed by atoms with Gasteiger partial charge in [0.25, 0.3) is 0 Å². The molecule has 0 saturated carbocycles. The lowest BCUT2D eigenvalue weighted by atomic mass is 9.84. The number of quaternary nitrogens is 1. The number of hydrogen-bond acceptors (Lipinski definition) is 2. The highest BCUT2D eigenvalue weighted by molar-refractivity contribution is 5.67. The van der Waals surface area contributed by atoms with Crippen LogP contribution >= 0.6 is 0 Å². The first-order chi connectivity index (χ1) is 9.63. The molecule has 0 aliphatic heterocycles. The number of carbonyl (C=O) groups excluding carboxylic acids is 1. The van der Waals surface area contributed by atoms with Crippen LogP contribution in [0.3, 0.4) is 0 Å². The van der Waals surface area contributed by atoms with Crippen molar-refractivity contribution in [3.8, 4) is 0 Å². The summed E-state index contributed by atoms with van der Waals surface area (Å²) in [6.45, 7) is 6.27. The summed E-state index contributed by atoms with van der Waals surface area (Å²) in [7, 11) is 0. The van der Waals surface area contributed by atoms with Gasteiger partial charge in [0.2, 0.25) is 0 Å². The summed E-state index contributed by atoms with van der Waals surface area (Å²) in [4.78, 5) is 11.1. The van der Waals surface area contributed by atoms with Crippen LogP contribution in [0.25, 0.3) is 0 Å². The molecule has 0 saturated heterocycles. The molecule has 0 spiro atoms. The largest absolute Gasteiger partial charge is 0.550 e. The first-order valence-corrected chi connectivity index (χ1v) is 8.84. The van der Waals surface area contributed by atoms with Gasteiger partial charge in [-0.05, 0) is 24.7 Å². The maximum atomic E-state index is 11.1. The van der Waals surface area contributed by atoms with Gasteiger partial charge in [0.05, 0.1) is 0 Å². The first-order valence-electron chi connectivity index (χ1n) is 8.84. The van der Waals surface area contributed by atoms with E-state index in [1.807, 2.05) is 6.92 Å². The molecule has 1 atom stereocenters. The van der Waals surface area contributed by atoms with Gasteiger partial charge in [-0.3, -0.25) is 0 Å². The van der Waals surface area contributed by atoms with Crippen molar-refractivity contribution in [3.63, 3.8) is 0 Å². The second-order valence-electron chi connectivity index (χ2n) is 6.27. The monoisotopic (exact) mass is 301 g/mol. The summed E-state index contributed by atoms with van der Waals surface area (Å²) in [6, 6.07) is 0. The summed E-state index contributed by atoms with van der Waals surface area (Å²) in [6.07, 6.45) is 14.7. The number of carboxylic acids is 1. The van der Waals surface area contributed by atoms with E-state index < -0.39 is 5.97 Å². The zero-order valence-electron chi connectivity index (χ0n) is 15.0. The normalized spacial score (nSPS) is 12.2. The molecule has 0 heterocycles. The van der Waals surface area contributed by atoms with Gasteiger partial charge >= 0.3 is 0 Å². The van der Waals surface area contributed by atoms with E-state index in [1.54, 1.807) is 0 Å². The molecule has 0 amide bonds. The lowest BCUT2D eigenvalue weighted by Crippen LogP contribution is -2.34. The van der Waals surface area contributed by atoms with Crippen molar-refractivity contribution in [1.82, 2.24) is 6.15 Å². The fourth-order valence-corrected chi connectivity index (χ4v) is 2.86. The molecule has 0 fully saturated rings. The van der Waals surface area contributed by atoms with E-state index in [9.17, 15) is 9.90 Å². The molecule has 0 bridgehead atoms. The molecule has 128 valence electrons. The summed E-state index contributed by atoms with van der Waals surface area (Å²) in [5, 5.41) is 11.1. The third-order valence-electron chi connectivity index (χ3n) is 4.44. The molecular weight excluding hydrogens is 262 g/mol. The maximum Gasteiger partial charge on any atom is 0.0445 e. The zero-order valence-corrected chi connectivity index (χ0v) is 15.0. The van der Waals surface area contributed by atoms with E-state index in [0.29, 0.717) is 5.92 Å². The van der Waals surface area contributed by atoms with E-state index in [0.717, 1.165) is 12.8 Å². The lowest BCUT2D eigenvalue weighted by Gasteiger charge is -2.25. The Balaban J connectivity index is 0. The molecule has 0 radical (unpaired) electrons. The van der Waals surface area contributed by atoms with Gasteiger partial charge in [0, 0.05) is 5.97 Å². The summed E-state index contributed by atoms with van der Waals surface area (Å²) in [5.41, 5.74) is 0. The maximum absolute atomic E-state index is 11.1. The number of hydrogen-bond donors (Lipinski definition) is 1. The second kappa shape index (κ2) is 15.8. The highest BCUT2D eigenvalue weighted by atomic mass is 16.4. The minimum atomic E-state index is -0.864. The highest BCUT2D eigenvalue weighted by Gasteiger charge is 2.17. The molecule has 0 aromatic rings. The van der Waals surface area contributed by atoms with Gasteiger partial charge in [-0.2, -0.15) is 0 Å². The smallest absolute Gasteiger partial charge is 0.0445 e. The van der Waals surface area contributed by atoms with E-state index >= 15 is 0 Å². The fraction of sp³-hybridized carbons (Fsp3) is 0.944. The molecule has 0 rings (SSSR count). The van der Waals surface area contributed by atoms with Crippen molar-refractivity contribution in [3.05, 3.63) is 0 Å². The molecule has 0 aromatic carbocycles. The predicted octanol–water partition coefficient (Wildman–Crippen LogP) is 5.09. The van der Waals surface area contributed by atoms with E-state index in [2.05, 4.69) is 13.8 Å². The lowest BCUT2D eigenvalue weighted by molar-refractivity contribution is -0.312. The average Bonchev–Trinajstić information content (AvgIpc) is 2.43. The van der Waals surface area contributed by atoms with E-state index in [4.69, 9.17) is 0 Å². The molecule has 1 unspecified atom stereocenters. The van der Waals surface area contributed by atoms with Crippen LogP contribution < -0.4 is 11.3 Å². The van der Waals surface area contributed by atoms with Crippen molar-refractivity contribution < 1.29 is 9.90 Å². The number of aliphatic carboxylic acids is 1. The molecule has 0 aliphatic rings. The molecule has 4 N–H and O–H groups in total. The molecule has 21 heavy (non-hydrogen) atoms. The van der Waals surface area contributed by atoms with Gasteiger partial charge in [-0.15, -0.1) is 0 Å². The van der Waals surface area contributed by atoms with Crippen LogP contribution in [0.4, 0.5) is 0 Å². The molecule has 0 aliphatic carbocycles. The minimum absolute atomic E-state index is 0. The molecular formula is C18H39NO2. The fourth-order valence-electron chi connectivity index (χ4n) is 2.86. The van der Waals surface area contributed by atoms with Crippen LogP contribution in [0.1, 0.15) is 97.8 Å². The quantitative estimate of drug-likeness (QED) is 0.454. The molecule has 3 nitrogen and oxygen atoms in total. The minimum Gasteiger partial charge on any atom is -0.550 e. The summed E-state index contributed by atoms with van der Waals surface area (Å²) in [5.74, 6) is -0.826. The Morgan fingerprint density at radius 3 is 1.52 bits per heavy atom. The van der Waals surface area contributed by atoms with Gasteiger partial charge < -0.3 is 16.1 Å². The summed E-state index contributed by atoms with van der Waals surface area (Å²) < 4.78 is 0. The average molecular weight is 302 g/mol. The van der Waals surface area contributed by atoms with Gasteiger partial charge in [-0.1, -0.05) is 85.0 Å². The van der Waals surface area contributed by atoms with Crippen molar-refractivity contribution in [2.24, 2.45) is 11.8 Å². The number of carbonyl (C=O) groups is 1. The summed E-state index contributed by atoms with van der Waals surface area (Å²) >= 11 is 0. The Morgan fingerprint density at radius 1 is 0.810 bits per heavy atom. The predicted molar refractivity (Wildman–Crippen MR) is 90.4 cm³/mol. The zero-order chi connectivity index (χ0) is 15.2. The Bertz CT molecular complexity index is 217. The third-order valence-corrected chi connectivity index (χ3v) is 4.44. The van der Waals surface area contributed by atoms with Crippen LogP contribution in [0, 0.1) is 11.8 Å². The van der Waals surface area contributed by atoms with E-state index in [-0.39, 0.29) is 12.1 Å². The van der Waals surface area contributed by atoms with Crippen LogP contribution in [0.5, 0.6) is 0 Å². The third kappa shape index (κ3) is 12.9. The topological polar surface area (TPSA) is 76.6 Å². The SMILES string of the molecule is CCCCCCCC(CCCCCCC)C(C)C(=O)[O-].[NH4+]. The van der Waals surface area contributed by atoms with Crippen molar-refractivity contribution in [2.75, 3.05) is 0 Å². The number of carboxylic acid groups (broad SMARTS) is 1. The van der Waals surface area contributed by atoms with Crippen LogP contribution in [-0.2, 0) is 4.79 Å². The second-order valence-corrected chi connectivity index (χ2v) is 6.27. The van der Waals surface area contributed by atoms with Crippen molar-refractivity contribution in [2.45, 2.75) is 97.8 Å². The Labute approximate surface area is 132 Å². The Morgan fingerprint density at radius 2 is 1.19 bits per heavy atom. The van der Waals surface area contributed by atoms with Crippen molar-refractivity contribution >= 4 is 5.97 Å². The van der Waals surface area contributed by atoms with Gasteiger partial charge in [0.1, 0.15) is 0 Å². The van der Waals surface area contributed by atoms with Gasteiger partial charge in [-0.25, -0.2) is 0 Å². The van der Waals surface area contributed by atoms with E-state index in [1.165, 1.54) is 64.2 Å². The van der Waals surface area contributed by atoms with Crippen LogP contribution in [0.15, 0.2) is 0 Å². The molecule has 0 aromatic heterocycles. The van der Waals surface area contributed by atoms with Crippen LogP contribution in [-0.4, -0.2) is 5.97 Å². The first kappa shape index (κ1) is 22.7.